The summed E-state index contributed by atoms with van der Waals surface area (Å²) in [7, 11) is 0. The molecule has 2 aromatic rings. The van der Waals surface area contributed by atoms with Crippen LogP contribution in [0.5, 0.6) is 5.75 Å². The zero-order valence-corrected chi connectivity index (χ0v) is 16.0. The first kappa shape index (κ1) is 19.6. The van der Waals surface area contributed by atoms with Gasteiger partial charge in [0.2, 0.25) is 5.91 Å². The van der Waals surface area contributed by atoms with E-state index in [4.69, 9.17) is 9.84 Å². The molecule has 7 nitrogen and oxygen atoms in total. The van der Waals surface area contributed by atoms with Gasteiger partial charge in [0.05, 0.1) is 12.6 Å². The molecule has 2 aromatic carbocycles. The number of hydrogen-bond acceptors (Lipinski definition) is 6. The first-order valence-electron chi connectivity index (χ1n) is 8.59. The van der Waals surface area contributed by atoms with Gasteiger partial charge >= 0.3 is 5.97 Å². The Kier molecular flexibility index (Phi) is 6.44. The van der Waals surface area contributed by atoms with Gasteiger partial charge in [0, 0.05) is 5.56 Å². The predicted molar refractivity (Wildman–Crippen MR) is 109 cm³/mol. The summed E-state index contributed by atoms with van der Waals surface area (Å²) >= 11 is 1.06. The highest BCUT2D eigenvalue weighted by molar-refractivity contribution is 8.15. The zero-order valence-electron chi connectivity index (χ0n) is 15.2. The average molecular weight is 397 g/mol. The van der Waals surface area contributed by atoms with E-state index in [0.29, 0.717) is 12.4 Å². The number of amidine groups is 1. The molecule has 28 heavy (non-hydrogen) atoms. The number of hydrogen-bond donors (Lipinski definition) is 2. The summed E-state index contributed by atoms with van der Waals surface area (Å²) in [4.78, 5) is 22.5. The van der Waals surface area contributed by atoms with Gasteiger partial charge in [0.1, 0.15) is 17.6 Å². The molecule has 3 rings (SSSR count). The zero-order chi connectivity index (χ0) is 19.9. The highest BCUT2D eigenvalue weighted by atomic mass is 32.2. The Hall–Kier alpha value is -3.13. The predicted octanol–water partition coefficient (Wildman–Crippen LogP) is 2.97. The Morgan fingerprint density at radius 3 is 2.79 bits per heavy atom. The minimum absolute atomic E-state index is 0.255. The molecule has 1 aliphatic rings. The number of carbonyl (C=O) groups excluding carboxylic acids is 1. The molecular weight excluding hydrogens is 378 g/mol. The van der Waals surface area contributed by atoms with E-state index < -0.39 is 11.2 Å². The van der Waals surface area contributed by atoms with E-state index in [1.807, 2.05) is 55.5 Å². The molecule has 2 N–H and O–H groups in total. The van der Waals surface area contributed by atoms with Crippen LogP contribution in [0, 0.1) is 6.92 Å². The lowest BCUT2D eigenvalue weighted by molar-refractivity contribution is -0.138. The number of carboxylic acid groups (broad SMARTS) is 1. The Morgan fingerprint density at radius 2 is 2.00 bits per heavy atom. The van der Waals surface area contributed by atoms with Crippen molar-refractivity contribution >= 4 is 35.0 Å². The summed E-state index contributed by atoms with van der Waals surface area (Å²) in [6.45, 7) is 2.47. The second-order valence-electron chi connectivity index (χ2n) is 6.10. The van der Waals surface area contributed by atoms with Gasteiger partial charge in [-0.05, 0) is 30.2 Å². The third kappa shape index (κ3) is 5.20. The first-order chi connectivity index (χ1) is 13.5. The normalized spacial score (nSPS) is 17.8. The van der Waals surface area contributed by atoms with Crippen LogP contribution in [0.4, 0.5) is 0 Å². The second kappa shape index (κ2) is 9.18. The van der Waals surface area contributed by atoms with Crippen LogP contribution in [0.2, 0.25) is 0 Å². The molecule has 1 atom stereocenters. The molecule has 1 fully saturated rings. The van der Waals surface area contributed by atoms with E-state index in [0.717, 1.165) is 28.5 Å². The Morgan fingerprint density at radius 1 is 1.25 bits per heavy atom. The number of ether oxygens (including phenoxy) is 1. The summed E-state index contributed by atoms with van der Waals surface area (Å²) in [6.07, 6.45) is 1.28. The molecule has 1 heterocycles. The number of nitrogens with zero attached hydrogens (tertiary/aromatic N) is 2. The summed E-state index contributed by atoms with van der Waals surface area (Å²) in [5.41, 5.74) is 3.01. The molecule has 0 spiro atoms. The summed E-state index contributed by atoms with van der Waals surface area (Å²) in [6, 6.07) is 15.5. The maximum atomic E-state index is 11.7. The van der Waals surface area contributed by atoms with Crippen molar-refractivity contribution in [1.29, 1.82) is 0 Å². The van der Waals surface area contributed by atoms with Crippen LogP contribution in [0.25, 0.3) is 0 Å². The number of carboxylic acids is 1. The topological polar surface area (TPSA) is 100 Å². The average Bonchev–Trinajstić information content (AvgIpc) is 3.00. The number of para-hydroxylation sites is 1. The Bertz CT molecular complexity index is 943. The number of amides is 1. The van der Waals surface area contributed by atoms with Crippen molar-refractivity contribution in [2.24, 2.45) is 10.2 Å². The van der Waals surface area contributed by atoms with Crippen molar-refractivity contribution in [3.8, 4) is 5.75 Å². The van der Waals surface area contributed by atoms with E-state index in [1.54, 1.807) is 0 Å². The molecule has 0 aromatic heterocycles. The first-order valence-corrected chi connectivity index (χ1v) is 9.47. The van der Waals surface area contributed by atoms with Crippen molar-refractivity contribution in [3.63, 3.8) is 0 Å². The maximum Gasteiger partial charge on any atom is 0.305 e. The fourth-order valence-corrected chi connectivity index (χ4v) is 3.45. The SMILES string of the molecule is Cc1ccccc1COc1ccccc1C=NN=C1NC(=O)C(CC(=O)O)S1. The van der Waals surface area contributed by atoms with Crippen molar-refractivity contribution in [3.05, 3.63) is 65.2 Å². The quantitative estimate of drug-likeness (QED) is 0.553. The van der Waals surface area contributed by atoms with Crippen molar-refractivity contribution in [1.82, 2.24) is 5.32 Å². The highest BCUT2D eigenvalue weighted by Gasteiger charge is 2.32. The molecule has 0 bridgehead atoms. The minimum atomic E-state index is -1.03. The minimum Gasteiger partial charge on any atom is -0.488 e. The fourth-order valence-electron chi connectivity index (χ4n) is 2.53. The van der Waals surface area contributed by atoms with E-state index in [2.05, 4.69) is 15.5 Å². The van der Waals surface area contributed by atoms with Crippen LogP contribution in [-0.4, -0.2) is 33.6 Å². The number of aryl methyl sites for hydroxylation is 1. The van der Waals surface area contributed by atoms with Crippen LogP contribution in [0.1, 0.15) is 23.1 Å². The standard InChI is InChI=1S/C20H19N3O4S/c1-13-6-2-3-8-15(13)12-27-16-9-5-4-7-14(16)11-21-23-20-22-19(26)17(28-20)10-18(24)25/h2-9,11,17H,10,12H2,1H3,(H,24,25)(H,22,23,26). The lowest BCUT2D eigenvalue weighted by Gasteiger charge is -2.10. The van der Waals surface area contributed by atoms with Gasteiger partial charge in [-0.15, -0.1) is 5.10 Å². The van der Waals surface area contributed by atoms with Gasteiger partial charge < -0.3 is 15.2 Å². The molecule has 0 saturated carbocycles. The maximum absolute atomic E-state index is 11.7. The van der Waals surface area contributed by atoms with Gasteiger partial charge in [-0.2, -0.15) is 5.10 Å². The molecule has 8 heteroatoms. The molecule has 1 saturated heterocycles. The van der Waals surface area contributed by atoms with Crippen LogP contribution in [0.15, 0.2) is 58.7 Å². The van der Waals surface area contributed by atoms with Crippen LogP contribution < -0.4 is 10.1 Å². The molecule has 1 unspecified atom stereocenters. The lowest BCUT2D eigenvalue weighted by Crippen LogP contribution is -2.26. The van der Waals surface area contributed by atoms with Crippen LogP contribution in [-0.2, 0) is 16.2 Å². The number of benzene rings is 2. The van der Waals surface area contributed by atoms with Crippen molar-refractivity contribution < 1.29 is 19.4 Å². The van der Waals surface area contributed by atoms with Gasteiger partial charge in [0.25, 0.3) is 0 Å². The molecule has 1 aliphatic heterocycles. The Labute approximate surface area is 166 Å². The number of nitrogens with one attached hydrogen (secondary N) is 1. The molecule has 1 amide bonds. The van der Waals surface area contributed by atoms with Gasteiger partial charge in [-0.3, -0.25) is 9.59 Å². The number of carbonyl (C=O) groups is 2. The van der Waals surface area contributed by atoms with Gasteiger partial charge in [-0.25, -0.2) is 0 Å². The van der Waals surface area contributed by atoms with Crippen molar-refractivity contribution in [2.45, 2.75) is 25.2 Å². The molecule has 0 radical (unpaired) electrons. The number of rotatable bonds is 7. The third-order valence-electron chi connectivity index (χ3n) is 4.05. The summed E-state index contributed by atoms with van der Waals surface area (Å²) in [5.74, 6) is -0.734. The van der Waals surface area contributed by atoms with E-state index in [-0.39, 0.29) is 17.5 Å². The summed E-state index contributed by atoms with van der Waals surface area (Å²) in [5, 5.41) is 18.9. The van der Waals surface area contributed by atoms with Crippen LogP contribution >= 0.6 is 11.8 Å². The monoisotopic (exact) mass is 397 g/mol. The van der Waals surface area contributed by atoms with Gasteiger partial charge in [0.15, 0.2) is 5.17 Å². The lowest BCUT2D eigenvalue weighted by atomic mass is 10.1. The number of aliphatic carboxylic acids is 1. The van der Waals surface area contributed by atoms with E-state index >= 15 is 0 Å². The summed E-state index contributed by atoms with van der Waals surface area (Å²) < 4.78 is 5.92. The van der Waals surface area contributed by atoms with Gasteiger partial charge in [-0.1, -0.05) is 48.2 Å². The molecular formula is C20H19N3O4S. The fraction of sp³-hybridized carbons (Fsp3) is 0.200. The molecule has 0 aliphatic carbocycles. The smallest absolute Gasteiger partial charge is 0.305 e. The molecule has 144 valence electrons. The third-order valence-corrected chi connectivity index (χ3v) is 5.12. The highest BCUT2D eigenvalue weighted by Crippen LogP contribution is 2.23. The van der Waals surface area contributed by atoms with Crippen molar-refractivity contribution in [2.75, 3.05) is 0 Å². The number of thioether (sulfide) groups is 1. The van der Waals surface area contributed by atoms with E-state index in [1.165, 1.54) is 6.21 Å². The van der Waals surface area contributed by atoms with E-state index in [9.17, 15) is 9.59 Å². The largest absolute Gasteiger partial charge is 0.488 e. The Balaban J connectivity index is 1.65. The second-order valence-corrected chi connectivity index (χ2v) is 7.29. The van der Waals surface area contributed by atoms with Crippen LogP contribution in [0.3, 0.4) is 0 Å².